The van der Waals surface area contributed by atoms with Crippen molar-refractivity contribution in [2.24, 2.45) is 5.90 Å². The van der Waals surface area contributed by atoms with Crippen LogP contribution in [-0.4, -0.2) is 17.0 Å². The molecular formula is C9H9NO4. The standard InChI is InChI=1S/C9H9NO4/c1-5-6(8(11)12)3-2-4-7(5)9(13)14-10/h2-4H,10H2,1H3,(H,11,12). The second kappa shape index (κ2) is 3.89. The summed E-state index contributed by atoms with van der Waals surface area (Å²) in [5.74, 6) is 2.87. The topological polar surface area (TPSA) is 89.6 Å². The maximum Gasteiger partial charge on any atom is 0.356 e. The Hall–Kier alpha value is -1.88. The average molecular weight is 195 g/mol. The molecule has 5 nitrogen and oxygen atoms in total. The van der Waals surface area contributed by atoms with Gasteiger partial charge in [-0.15, -0.1) is 0 Å². The quantitative estimate of drug-likeness (QED) is 0.679. The first kappa shape index (κ1) is 10.2. The van der Waals surface area contributed by atoms with E-state index in [0.29, 0.717) is 5.56 Å². The zero-order valence-electron chi connectivity index (χ0n) is 7.48. The van der Waals surface area contributed by atoms with Crippen molar-refractivity contribution >= 4 is 11.9 Å². The van der Waals surface area contributed by atoms with Crippen LogP contribution in [0.15, 0.2) is 18.2 Å². The Morgan fingerprint density at radius 1 is 1.36 bits per heavy atom. The van der Waals surface area contributed by atoms with Crippen molar-refractivity contribution in [2.45, 2.75) is 6.92 Å². The largest absolute Gasteiger partial charge is 0.478 e. The summed E-state index contributed by atoms with van der Waals surface area (Å²) in [5, 5.41) is 8.76. The maximum atomic E-state index is 11.1. The summed E-state index contributed by atoms with van der Waals surface area (Å²) in [6, 6.07) is 4.32. The van der Waals surface area contributed by atoms with Gasteiger partial charge in [-0.2, -0.15) is 5.90 Å². The predicted octanol–water partition coefficient (Wildman–Crippen LogP) is 0.724. The van der Waals surface area contributed by atoms with Gasteiger partial charge in [0.05, 0.1) is 11.1 Å². The normalized spacial score (nSPS) is 9.57. The van der Waals surface area contributed by atoms with Crippen molar-refractivity contribution in [2.75, 3.05) is 0 Å². The van der Waals surface area contributed by atoms with E-state index in [-0.39, 0.29) is 11.1 Å². The number of rotatable bonds is 2. The fourth-order valence-corrected chi connectivity index (χ4v) is 1.15. The van der Waals surface area contributed by atoms with Gasteiger partial charge < -0.3 is 9.94 Å². The molecule has 0 fully saturated rings. The summed E-state index contributed by atoms with van der Waals surface area (Å²) in [4.78, 5) is 25.8. The van der Waals surface area contributed by atoms with Gasteiger partial charge >= 0.3 is 11.9 Å². The summed E-state index contributed by atoms with van der Waals surface area (Å²) in [6.45, 7) is 1.52. The van der Waals surface area contributed by atoms with Crippen molar-refractivity contribution in [1.29, 1.82) is 0 Å². The van der Waals surface area contributed by atoms with Gasteiger partial charge in [-0.05, 0) is 24.6 Å². The number of benzene rings is 1. The number of carbonyl (C=O) groups excluding carboxylic acids is 1. The molecule has 1 rings (SSSR count). The van der Waals surface area contributed by atoms with Crippen LogP contribution >= 0.6 is 0 Å². The van der Waals surface area contributed by atoms with E-state index < -0.39 is 11.9 Å². The van der Waals surface area contributed by atoms with Crippen molar-refractivity contribution in [3.05, 3.63) is 34.9 Å². The molecule has 0 aliphatic heterocycles. The Morgan fingerprint density at radius 3 is 2.43 bits per heavy atom. The van der Waals surface area contributed by atoms with E-state index in [2.05, 4.69) is 4.84 Å². The van der Waals surface area contributed by atoms with Crippen LogP contribution in [0.4, 0.5) is 0 Å². The second-order valence-corrected chi connectivity index (χ2v) is 2.69. The Bertz CT molecular complexity index is 386. The fourth-order valence-electron chi connectivity index (χ4n) is 1.15. The van der Waals surface area contributed by atoms with Crippen LogP contribution in [0.25, 0.3) is 0 Å². The van der Waals surface area contributed by atoms with Gasteiger partial charge in [0, 0.05) is 0 Å². The third-order valence-electron chi connectivity index (χ3n) is 1.89. The molecule has 0 radical (unpaired) electrons. The van der Waals surface area contributed by atoms with Crippen LogP contribution in [0.3, 0.4) is 0 Å². The van der Waals surface area contributed by atoms with E-state index in [1.807, 2.05) is 0 Å². The first-order chi connectivity index (χ1) is 6.57. The molecule has 0 unspecified atom stereocenters. The van der Waals surface area contributed by atoms with Gasteiger partial charge in [0.15, 0.2) is 0 Å². The average Bonchev–Trinajstić information content (AvgIpc) is 2.16. The Labute approximate surface area is 80.1 Å². The molecule has 0 aliphatic rings. The Kier molecular flexibility index (Phi) is 2.83. The van der Waals surface area contributed by atoms with Gasteiger partial charge in [0.2, 0.25) is 0 Å². The minimum atomic E-state index is -1.09. The SMILES string of the molecule is Cc1c(C(=O)O)cccc1C(=O)ON. The third kappa shape index (κ3) is 1.72. The van der Waals surface area contributed by atoms with E-state index in [1.165, 1.54) is 25.1 Å². The lowest BCUT2D eigenvalue weighted by Gasteiger charge is -2.05. The lowest BCUT2D eigenvalue weighted by atomic mass is 10.0. The number of carboxylic acid groups (broad SMARTS) is 1. The lowest BCUT2D eigenvalue weighted by molar-refractivity contribution is 0.0502. The number of nitrogens with two attached hydrogens (primary N) is 1. The summed E-state index contributed by atoms with van der Waals surface area (Å²) >= 11 is 0. The van der Waals surface area contributed by atoms with Crippen molar-refractivity contribution < 1.29 is 19.5 Å². The molecule has 0 spiro atoms. The number of carboxylic acids is 1. The van der Waals surface area contributed by atoms with Crippen LogP contribution in [-0.2, 0) is 4.84 Å². The molecule has 3 N–H and O–H groups in total. The molecule has 5 heteroatoms. The summed E-state index contributed by atoms with van der Waals surface area (Å²) < 4.78 is 0. The monoisotopic (exact) mass is 195 g/mol. The molecule has 0 aliphatic carbocycles. The molecule has 0 bridgehead atoms. The van der Waals surface area contributed by atoms with Crippen molar-refractivity contribution in [3.8, 4) is 0 Å². The van der Waals surface area contributed by atoms with Crippen LogP contribution in [0, 0.1) is 6.92 Å². The molecule has 0 saturated carbocycles. The number of hydrogen-bond acceptors (Lipinski definition) is 4. The van der Waals surface area contributed by atoms with Crippen LogP contribution < -0.4 is 5.90 Å². The summed E-state index contributed by atoms with van der Waals surface area (Å²) in [5.41, 5.74) is 0.566. The maximum absolute atomic E-state index is 11.1. The zero-order chi connectivity index (χ0) is 10.7. The van der Waals surface area contributed by atoms with Gasteiger partial charge in [-0.25, -0.2) is 9.59 Å². The number of carbonyl (C=O) groups is 2. The molecule has 74 valence electrons. The highest BCUT2D eigenvalue weighted by Gasteiger charge is 2.15. The highest BCUT2D eigenvalue weighted by molar-refractivity contribution is 5.97. The van der Waals surface area contributed by atoms with E-state index in [1.54, 1.807) is 0 Å². The van der Waals surface area contributed by atoms with Crippen LogP contribution in [0.2, 0.25) is 0 Å². The second-order valence-electron chi connectivity index (χ2n) is 2.69. The van der Waals surface area contributed by atoms with E-state index >= 15 is 0 Å². The minimum Gasteiger partial charge on any atom is -0.478 e. The van der Waals surface area contributed by atoms with Crippen molar-refractivity contribution in [1.82, 2.24) is 0 Å². The number of hydrogen-bond donors (Lipinski definition) is 2. The highest BCUT2D eigenvalue weighted by atomic mass is 16.7. The highest BCUT2D eigenvalue weighted by Crippen LogP contribution is 2.14. The first-order valence-electron chi connectivity index (χ1n) is 3.82. The van der Waals surface area contributed by atoms with Gasteiger partial charge in [0.25, 0.3) is 0 Å². The predicted molar refractivity (Wildman–Crippen MR) is 47.7 cm³/mol. The molecule has 1 aromatic carbocycles. The van der Waals surface area contributed by atoms with Crippen molar-refractivity contribution in [3.63, 3.8) is 0 Å². The first-order valence-corrected chi connectivity index (χ1v) is 3.82. The van der Waals surface area contributed by atoms with Gasteiger partial charge in [-0.1, -0.05) is 6.07 Å². The molecule has 0 amide bonds. The molecule has 0 atom stereocenters. The molecule has 1 aromatic rings. The van der Waals surface area contributed by atoms with E-state index in [4.69, 9.17) is 11.0 Å². The minimum absolute atomic E-state index is 0.0629. The smallest absolute Gasteiger partial charge is 0.356 e. The lowest BCUT2D eigenvalue weighted by Crippen LogP contribution is -2.13. The molecular weight excluding hydrogens is 186 g/mol. The van der Waals surface area contributed by atoms with Crippen LogP contribution in [0.1, 0.15) is 26.3 Å². The summed E-state index contributed by atoms with van der Waals surface area (Å²) in [6.07, 6.45) is 0. The van der Waals surface area contributed by atoms with Crippen LogP contribution in [0.5, 0.6) is 0 Å². The summed E-state index contributed by atoms with van der Waals surface area (Å²) in [7, 11) is 0. The molecule has 14 heavy (non-hydrogen) atoms. The van der Waals surface area contributed by atoms with E-state index in [0.717, 1.165) is 0 Å². The molecule has 0 aromatic heterocycles. The Morgan fingerprint density at radius 2 is 1.93 bits per heavy atom. The van der Waals surface area contributed by atoms with Gasteiger partial charge in [0.1, 0.15) is 0 Å². The molecule has 0 heterocycles. The Balaban J connectivity index is 3.27. The zero-order valence-corrected chi connectivity index (χ0v) is 7.48. The number of aromatic carboxylic acids is 1. The van der Waals surface area contributed by atoms with Gasteiger partial charge in [-0.3, -0.25) is 0 Å². The van der Waals surface area contributed by atoms with E-state index in [9.17, 15) is 9.59 Å². The molecule has 0 saturated heterocycles. The third-order valence-corrected chi connectivity index (χ3v) is 1.89. The fraction of sp³-hybridized carbons (Fsp3) is 0.111.